The highest BCUT2D eigenvalue weighted by Crippen LogP contribution is 2.17. The number of nitriles is 1. The van der Waals surface area contributed by atoms with Gasteiger partial charge in [0.25, 0.3) is 5.91 Å². The van der Waals surface area contributed by atoms with Gasteiger partial charge in [-0.3, -0.25) is 4.79 Å². The summed E-state index contributed by atoms with van der Waals surface area (Å²) in [5.74, 6) is -1.31. The molecule has 2 aromatic rings. The number of hydrogen-bond donors (Lipinski definition) is 2. The Morgan fingerprint density at radius 3 is 2.50 bits per heavy atom. The average Bonchev–Trinajstić information content (AvgIpc) is 2.90. The molecule has 2 N–H and O–H groups in total. The fourth-order valence-corrected chi connectivity index (χ4v) is 1.91. The molecule has 0 atom stereocenters. The Hall–Kier alpha value is -2.85. The maximum atomic E-state index is 12.0. The molecule has 0 spiro atoms. The van der Waals surface area contributed by atoms with Crippen LogP contribution in [0.4, 0.5) is 5.69 Å². The van der Waals surface area contributed by atoms with Crippen molar-refractivity contribution < 1.29 is 19.1 Å². The Morgan fingerprint density at radius 1 is 1.32 bits per heavy atom. The first-order valence-corrected chi connectivity index (χ1v) is 6.79. The van der Waals surface area contributed by atoms with Gasteiger partial charge in [0, 0.05) is 11.8 Å². The molecule has 110 valence electrons. The van der Waals surface area contributed by atoms with E-state index in [0.29, 0.717) is 15.9 Å². The van der Waals surface area contributed by atoms with Crippen LogP contribution in [0, 0.1) is 11.3 Å². The van der Waals surface area contributed by atoms with Gasteiger partial charge in [-0.1, -0.05) is 0 Å². The molecular weight excluding hydrogens is 352 g/mol. The van der Waals surface area contributed by atoms with E-state index < -0.39 is 11.9 Å². The second kappa shape index (κ2) is 6.74. The monoisotopic (exact) mass is 360 g/mol. The normalized spacial score (nSPS) is 10.8. The van der Waals surface area contributed by atoms with Crippen molar-refractivity contribution in [2.45, 2.75) is 0 Å². The molecule has 6 nitrogen and oxygen atoms in total. The molecule has 1 aromatic heterocycles. The Kier molecular flexibility index (Phi) is 4.76. The number of carbonyl (C=O) groups is 2. The Morgan fingerprint density at radius 2 is 2.00 bits per heavy atom. The van der Waals surface area contributed by atoms with Crippen LogP contribution in [-0.2, 0) is 4.79 Å². The van der Waals surface area contributed by atoms with Crippen molar-refractivity contribution in [1.29, 1.82) is 5.26 Å². The van der Waals surface area contributed by atoms with Crippen LogP contribution in [0.2, 0.25) is 0 Å². The van der Waals surface area contributed by atoms with Crippen LogP contribution in [0.1, 0.15) is 16.1 Å². The molecule has 22 heavy (non-hydrogen) atoms. The third-order valence-corrected chi connectivity index (χ3v) is 3.04. The summed E-state index contributed by atoms with van der Waals surface area (Å²) < 4.78 is 5.81. The Balaban J connectivity index is 2.14. The fraction of sp³-hybridized carbons (Fsp3) is 0. The number of amides is 1. The second-order valence-electron chi connectivity index (χ2n) is 4.17. The SMILES string of the molecule is N#CC(=Cc1cc(Br)co1)C(=O)Nc1ccc(C(=O)O)cc1. The van der Waals surface area contributed by atoms with Gasteiger partial charge in [-0.05, 0) is 46.3 Å². The van der Waals surface area contributed by atoms with Gasteiger partial charge in [-0.2, -0.15) is 5.26 Å². The van der Waals surface area contributed by atoms with E-state index in [2.05, 4.69) is 21.2 Å². The first-order chi connectivity index (χ1) is 10.5. The van der Waals surface area contributed by atoms with E-state index in [1.165, 1.54) is 36.6 Å². The van der Waals surface area contributed by atoms with Crippen LogP contribution >= 0.6 is 15.9 Å². The van der Waals surface area contributed by atoms with Crippen molar-refractivity contribution in [3.63, 3.8) is 0 Å². The lowest BCUT2D eigenvalue weighted by Gasteiger charge is -2.04. The van der Waals surface area contributed by atoms with Gasteiger partial charge in [0.1, 0.15) is 23.7 Å². The molecule has 0 unspecified atom stereocenters. The Labute approximate surface area is 133 Å². The first-order valence-electron chi connectivity index (χ1n) is 6.00. The molecule has 1 aromatic carbocycles. The van der Waals surface area contributed by atoms with Crippen LogP contribution < -0.4 is 5.32 Å². The van der Waals surface area contributed by atoms with E-state index in [-0.39, 0.29) is 11.1 Å². The first kappa shape index (κ1) is 15.5. The third-order valence-electron chi connectivity index (χ3n) is 2.63. The molecule has 7 heteroatoms. The summed E-state index contributed by atoms with van der Waals surface area (Å²) in [5.41, 5.74) is 0.357. The highest BCUT2D eigenvalue weighted by atomic mass is 79.9. The minimum atomic E-state index is -1.06. The summed E-state index contributed by atoms with van der Waals surface area (Å²) in [6.07, 6.45) is 2.75. The molecule has 2 rings (SSSR count). The highest BCUT2D eigenvalue weighted by molar-refractivity contribution is 9.10. The zero-order valence-corrected chi connectivity index (χ0v) is 12.6. The van der Waals surface area contributed by atoms with Crippen molar-refractivity contribution in [2.75, 3.05) is 5.32 Å². The zero-order valence-electron chi connectivity index (χ0n) is 11.0. The lowest BCUT2D eigenvalue weighted by molar-refractivity contribution is -0.112. The van der Waals surface area contributed by atoms with Gasteiger partial charge < -0.3 is 14.8 Å². The summed E-state index contributed by atoms with van der Waals surface area (Å²) in [6.45, 7) is 0. The minimum Gasteiger partial charge on any atom is -0.478 e. The number of nitrogens with zero attached hydrogens (tertiary/aromatic N) is 1. The number of rotatable bonds is 4. The molecule has 0 fully saturated rings. The fourth-order valence-electron chi connectivity index (χ4n) is 1.59. The third kappa shape index (κ3) is 3.84. The lowest BCUT2D eigenvalue weighted by Crippen LogP contribution is -2.13. The van der Waals surface area contributed by atoms with Crippen molar-refractivity contribution in [2.24, 2.45) is 0 Å². The number of hydrogen-bond acceptors (Lipinski definition) is 4. The molecule has 0 bridgehead atoms. The molecule has 0 saturated carbocycles. The van der Waals surface area contributed by atoms with Gasteiger partial charge in [-0.15, -0.1) is 0 Å². The topological polar surface area (TPSA) is 103 Å². The molecule has 1 heterocycles. The lowest BCUT2D eigenvalue weighted by atomic mass is 10.2. The molecule has 0 aliphatic carbocycles. The van der Waals surface area contributed by atoms with Crippen molar-refractivity contribution in [3.8, 4) is 6.07 Å². The second-order valence-corrected chi connectivity index (χ2v) is 5.09. The molecule has 0 saturated heterocycles. The van der Waals surface area contributed by atoms with Crippen molar-refractivity contribution in [3.05, 3.63) is 58.0 Å². The predicted molar refractivity (Wildman–Crippen MR) is 82.0 cm³/mol. The number of benzene rings is 1. The zero-order chi connectivity index (χ0) is 16.1. The average molecular weight is 361 g/mol. The van der Waals surface area contributed by atoms with E-state index in [4.69, 9.17) is 14.8 Å². The summed E-state index contributed by atoms with van der Waals surface area (Å²) in [7, 11) is 0. The van der Waals surface area contributed by atoms with Gasteiger partial charge in [-0.25, -0.2) is 4.79 Å². The number of aromatic carboxylic acids is 1. The van der Waals surface area contributed by atoms with Gasteiger partial charge in [0.2, 0.25) is 0 Å². The molecule has 0 aliphatic rings. The summed E-state index contributed by atoms with van der Waals surface area (Å²) in [4.78, 5) is 22.7. The van der Waals surface area contributed by atoms with Crippen LogP contribution in [-0.4, -0.2) is 17.0 Å². The van der Waals surface area contributed by atoms with Crippen LogP contribution in [0.25, 0.3) is 6.08 Å². The van der Waals surface area contributed by atoms with Gasteiger partial charge in [0.15, 0.2) is 0 Å². The molecule has 1 amide bonds. The number of carbonyl (C=O) groups excluding carboxylic acids is 1. The number of nitrogens with one attached hydrogen (secondary N) is 1. The van der Waals surface area contributed by atoms with E-state index >= 15 is 0 Å². The molecule has 0 radical (unpaired) electrons. The molecule has 0 aliphatic heterocycles. The van der Waals surface area contributed by atoms with E-state index in [0.717, 1.165) is 0 Å². The number of carboxylic acids is 1. The van der Waals surface area contributed by atoms with E-state index in [9.17, 15) is 9.59 Å². The quantitative estimate of drug-likeness (QED) is 0.643. The summed E-state index contributed by atoms with van der Waals surface area (Å²) >= 11 is 3.20. The maximum absolute atomic E-state index is 12.0. The summed E-state index contributed by atoms with van der Waals surface area (Å²) in [5, 5.41) is 20.4. The maximum Gasteiger partial charge on any atom is 0.335 e. The Bertz CT molecular complexity index is 785. The largest absolute Gasteiger partial charge is 0.478 e. The number of carboxylic acid groups (broad SMARTS) is 1. The van der Waals surface area contributed by atoms with Crippen molar-refractivity contribution >= 4 is 39.6 Å². The standard InChI is InChI=1S/C15H9BrN2O4/c16-11-6-13(22-8-11)5-10(7-17)14(19)18-12-3-1-9(2-4-12)15(20)21/h1-6,8H,(H,18,19)(H,20,21). The van der Waals surface area contributed by atoms with Crippen LogP contribution in [0.5, 0.6) is 0 Å². The minimum absolute atomic E-state index is 0.106. The van der Waals surface area contributed by atoms with Crippen LogP contribution in [0.15, 0.2) is 51.1 Å². The van der Waals surface area contributed by atoms with Crippen LogP contribution in [0.3, 0.4) is 0 Å². The van der Waals surface area contributed by atoms with Gasteiger partial charge >= 0.3 is 5.97 Å². The van der Waals surface area contributed by atoms with Crippen molar-refractivity contribution in [1.82, 2.24) is 0 Å². The number of furan rings is 1. The number of halogens is 1. The van der Waals surface area contributed by atoms with E-state index in [1.807, 2.05) is 0 Å². The number of anilines is 1. The highest BCUT2D eigenvalue weighted by Gasteiger charge is 2.11. The smallest absolute Gasteiger partial charge is 0.335 e. The summed E-state index contributed by atoms with van der Waals surface area (Å²) in [6, 6.07) is 9.01. The predicted octanol–water partition coefficient (Wildman–Crippen LogP) is 3.29. The van der Waals surface area contributed by atoms with E-state index in [1.54, 1.807) is 12.1 Å². The van der Waals surface area contributed by atoms with Gasteiger partial charge in [0.05, 0.1) is 10.0 Å². The molecular formula is C15H9BrN2O4.